The number of nitrogens with one attached hydrogen (secondary N) is 1. The molecular formula is C12H18N2. The molecule has 0 amide bonds. The van der Waals surface area contributed by atoms with E-state index in [1.165, 1.54) is 25.0 Å². The van der Waals surface area contributed by atoms with Gasteiger partial charge in [-0.2, -0.15) is 0 Å². The van der Waals surface area contributed by atoms with Gasteiger partial charge in [0.25, 0.3) is 0 Å². The van der Waals surface area contributed by atoms with Crippen molar-refractivity contribution >= 4 is 0 Å². The van der Waals surface area contributed by atoms with Crippen molar-refractivity contribution in [1.82, 2.24) is 10.3 Å². The minimum absolute atomic E-state index is 0.471. The van der Waals surface area contributed by atoms with Gasteiger partial charge in [0.15, 0.2) is 0 Å². The molecule has 0 spiro atoms. The van der Waals surface area contributed by atoms with Crippen molar-refractivity contribution < 1.29 is 0 Å². The van der Waals surface area contributed by atoms with Gasteiger partial charge in [0.05, 0.1) is 5.69 Å². The molecule has 0 aliphatic carbocycles. The van der Waals surface area contributed by atoms with Crippen LogP contribution in [0, 0.1) is 6.92 Å². The lowest BCUT2D eigenvalue weighted by Gasteiger charge is -2.28. The van der Waals surface area contributed by atoms with E-state index in [0.717, 1.165) is 5.69 Å². The van der Waals surface area contributed by atoms with E-state index in [-0.39, 0.29) is 0 Å². The van der Waals surface area contributed by atoms with Gasteiger partial charge in [0.2, 0.25) is 0 Å². The number of nitrogens with zero attached hydrogens (tertiary/aromatic N) is 1. The van der Waals surface area contributed by atoms with Gasteiger partial charge < -0.3 is 5.32 Å². The maximum Gasteiger partial charge on any atom is 0.0576 e. The smallest absolute Gasteiger partial charge is 0.0576 e. The van der Waals surface area contributed by atoms with E-state index in [1.807, 2.05) is 0 Å². The summed E-state index contributed by atoms with van der Waals surface area (Å²) in [7, 11) is 0. The van der Waals surface area contributed by atoms with Crippen molar-refractivity contribution in [2.75, 3.05) is 0 Å². The van der Waals surface area contributed by atoms with Crippen molar-refractivity contribution in [2.45, 2.75) is 45.2 Å². The van der Waals surface area contributed by atoms with Crippen LogP contribution in [0.2, 0.25) is 0 Å². The fourth-order valence-corrected chi connectivity index (χ4v) is 2.13. The van der Waals surface area contributed by atoms with Gasteiger partial charge in [-0.1, -0.05) is 6.07 Å². The summed E-state index contributed by atoms with van der Waals surface area (Å²) in [4.78, 5) is 4.57. The Kier molecular flexibility index (Phi) is 2.82. The van der Waals surface area contributed by atoms with Gasteiger partial charge in [0.1, 0.15) is 0 Å². The van der Waals surface area contributed by atoms with Crippen LogP contribution in [0.3, 0.4) is 0 Å². The summed E-state index contributed by atoms with van der Waals surface area (Å²) in [6.07, 6.45) is 3.83. The Morgan fingerprint density at radius 3 is 2.93 bits per heavy atom. The maximum atomic E-state index is 4.57. The Hall–Kier alpha value is -0.890. The van der Waals surface area contributed by atoms with E-state index >= 15 is 0 Å². The summed E-state index contributed by atoms with van der Waals surface area (Å²) in [5.41, 5.74) is 2.32. The third kappa shape index (κ3) is 2.13. The number of hydrogen-bond acceptors (Lipinski definition) is 2. The van der Waals surface area contributed by atoms with E-state index in [1.54, 1.807) is 0 Å². The fourth-order valence-electron chi connectivity index (χ4n) is 2.13. The SMILES string of the molecule is Cc1cccc([C@@H]2CCC[C@H](C)N2)n1. The summed E-state index contributed by atoms with van der Waals surface area (Å²) in [5.74, 6) is 0. The number of aromatic nitrogens is 1. The molecule has 2 rings (SSSR count). The number of pyridine rings is 1. The molecule has 2 nitrogen and oxygen atoms in total. The van der Waals surface area contributed by atoms with E-state index in [2.05, 4.69) is 42.3 Å². The molecule has 0 saturated carbocycles. The van der Waals surface area contributed by atoms with E-state index in [0.29, 0.717) is 12.1 Å². The number of hydrogen-bond donors (Lipinski definition) is 1. The minimum atomic E-state index is 0.471. The molecular weight excluding hydrogens is 172 g/mol. The van der Waals surface area contributed by atoms with Crippen LogP contribution < -0.4 is 5.32 Å². The van der Waals surface area contributed by atoms with Crippen molar-refractivity contribution in [3.63, 3.8) is 0 Å². The molecule has 0 bridgehead atoms. The number of aryl methyl sites for hydroxylation is 1. The second kappa shape index (κ2) is 4.09. The van der Waals surface area contributed by atoms with Crippen LogP contribution in [-0.4, -0.2) is 11.0 Å². The molecule has 76 valence electrons. The van der Waals surface area contributed by atoms with Crippen molar-refractivity contribution in [3.05, 3.63) is 29.6 Å². The molecule has 1 aromatic heterocycles. The standard InChI is InChI=1S/C12H18N2/c1-9-5-3-7-11(13-9)12-8-4-6-10(2)14-12/h3,5,7,10,12,14H,4,6,8H2,1-2H3/t10-,12-/m0/s1. The second-order valence-corrected chi connectivity index (χ2v) is 4.26. The first kappa shape index (κ1) is 9.66. The molecule has 14 heavy (non-hydrogen) atoms. The molecule has 0 unspecified atom stereocenters. The first-order chi connectivity index (χ1) is 6.75. The van der Waals surface area contributed by atoms with Gasteiger partial charge >= 0.3 is 0 Å². The molecule has 1 aliphatic rings. The lowest BCUT2D eigenvalue weighted by molar-refractivity contribution is 0.336. The van der Waals surface area contributed by atoms with Crippen LogP contribution in [0.4, 0.5) is 0 Å². The van der Waals surface area contributed by atoms with Gasteiger partial charge in [0, 0.05) is 17.8 Å². The summed E-state index contributed by atoms with van der Waals surface area (Å²) in [5, 5.41) is 3.60. The Bertz CT molecular complexity index is 309. The summed E-state index contributed by atoms with van der Waals surface area (Å²) in [6, 6.07) is 7.38. The predicted molar refractivity (Wildman–Crippen MR) is 58.2 cm³/mol. The van der Waals surface area contributed by atoms with E-state index in [9.17, 15) is 0 Å². The van der Waals surface area contributed by atoms with Gasteiger partial charge in [-0.05, 0) is 45.2 Å². The molecule has 2 heteroatoms. The Balaban J connectivity index is 2.14. The molecule has 1 N–H and O–H groups in total. The molecule has 0 radical (unpaired) electrons. The Morgan fingerprint density at radius 1 is 1.36 bits per heavy atom. The maximum absolute atomic E-state index is 4.57. The lowest BCUT2D eigenvalue weighted by atomic mass is 9.97. The average molecular weight is 190 g/mol. The first-order valence-electron chi connectivity index (χ1n) is 5.45. The van der Waals surface area contributed by atoms with Crippen molar-refractivity contribution in [3.8, 4) is 0 Å². The average Bonchev–Trinajstić information content (AvgIpc) is 2.18. The van der Waals surface area contributed by atoms with Crippen LogP contribution >= 0.6 is 0 Å². The molecule has 1 fully saturated rings. The summed E-state index contributed by atoms with van der Waals surface area (Å²) >= 11 is 0. The van der Waals surface area contributed by atoms with Crippen LogP contribution in [0.5, 0.6) is 0 Å². The normalized spacial score (nSPS) is 27.6. The molecule has 1 aliphatic heterocycles. The van der Waals surface area contributed by atoms with Crippen LogP contribution in [0.25, 0.3) is 0 Å². The van der Waals surface area contributed by atoms with Crippen molar-refractivity contribution in [2.24, 2.45) is 0 Å². The molecule has 2 atom stereocenters. The highest BCUT2D eigenvalue weighted by Crippen LogP contribution is 2.23. The fraction of sp³-hybridized carbons (Fsp3) is 0.583. The molecule has 0 aromatic carbocycles. The Labute approximate surface area is 85.7 Å². The predicted octanol–water partition coefficient (Wildman–Crippen LogP) is 2.59. The monoisotopic (exact) mass is 190 g/mol. The first-order valence-corrected chi connectivity index (χ1v) is 5.45. The van der Waals surface area contributed by atoms with E-state index < -0.39 is 0 Å². The summed E-state index contributed by atoms with van der Waals surface area (Å²) in [6.45, 7) is 4.30. The molecule has 1 saturated heterocycles. The minimum Gasteiger partial charge on any atom is -0.306 e. The van der Waals surface area contributed by atoms with Gasteiger partial charge in [-0.25, -0.2) is 0 Å². The quantitative estimate of drug-likeness (QED) is 0.736. The van der Waals surface area contributed by atoms with Crippen LogP contribution in [-0.2, 0) is 0 Å². The summed E-state index contributed by atoms with van der Waals surface area (Å²) < 4.78 is 0. The highest BCUT2D eigenvalue weighted by molar-refractivity contribution is 5.14. The highest BCUT2D eigenvalue weighted by atomic mass is 15.0. The third-order valence-electron chi connectivity index (χ3n) is 2.88. The zero-order valence-corrected chi connectivity index (χ0v) is 8.96. The number of piperidine rings is 1. The number of rotatable bonds is 1. The second-order valence-electron chi connectivity index (χ2n) is 4.26. The Morgan fingerprint density at radius 2 is 2.21 bits per heavy atom. The zero-order valence-electron chi connectivity index (χ0n) is 8.96. The zero-order chi connectivity index (χ0) is 9.97. The largest absolute Gasteiger partial charge is 0.306 e. The van der Waals surface area contributed by atoms with Crippen LogP contribution in [0.15, 0.2) is 18.2 Å². The highest BCUT2D eigenvalue weighted by Gasteiger charge is 2.19. The third-order valence-corrected chi connectivity index (χ3v) is 2.88. The van der Waals surface area contributed by atoms with Crippen LogP contribution in [0.1, 0.15) is 43.6 Å². The van der Waals surface area contributed by atoms with Crippen molar-refractivity contribution in [1.29, 1.82) is 0 Å². The molecule has 1 aromatic rings. The molecule has 2 heterocycles. The lowest BCUT2D eigenvalue weighted by Crippen LogP contribution is -2.35. The van der Waals surface area contributed by atoms with Gasteiger partial charge in [-0.3, -0.25) is 4.98 Å². The van der Waals surface area contributed by atoms with Gasteiger partial charge in [-0.15, -0.1) is 0 Å². The topological polar surface area (TPSA) is 24.9 Å². The van der Waals surface area contributed by atoms with E-state index in [4.69, 9.17) is 0 Å².